The van der Waals surface area contributed by atoms with Gasteiger partial charge >= 0.3 is 6.03 Å². The van der Waals surface area contributed by atoms with E-state index in [1.165, 1.54) is 42.5 Å². The number of benzene rings is 2. The number of sulfone groups is 1. The van der Waals surface area contributed by atoms with Gasteiger partial charge in [0.05, 0.1) is 20.5 Å². The zero-order valence-electron chi connectivity index (χ0n) is 12.5. The highest BCUT2D eigenvalue weighted by Crippen LogP contribution is 2.33. The van der Waals surface area contributed by atoms with Crippen LogP contribution in [0.3, 0.4) is 0 Å². The molecule has 9 heteroatoms. The minimum absolute atomic E-state index is 0.0325. The topological polar surface area (TPSA) is 83.6 Å². The van der Waals surface area contributed by atoms with Gasteiger partial charge in [0.25, 0.3) is 5.91 Å². The van der Waals surface area contributed by atoms with Gasteiger partial charge in [-0.2, -0.15) is 0 Å². The molecular weight excluding hydrogens is 387 g/mol. The number of carbonyl (C=O) groups excluding carboxylic acids is 2. The zero-order valence-corrected chi connectivity index (χ0v) is 14.8. The van der Waals surface area contributed by atoms with Gasteiger partial charge in [0.15, 0.2) is 0 Å². The van der Waals surface area contributed by atoms with Crippen LogP contribution in [-0.2, 0) is 14.6 Å². The molecule has 0 radical (unpaired) electrons. The molecule has 2 aromatic rings. The van der Waals surface area contributed by atoms with Gasteiger partial charge in [-0.1, -0.05) is 29.8 Å². The number of anilines is 1. The molecule has 25 heavy (non-hydrogen) atoms. The predicted molar refractivity (Wildman–Crippen MR) is 93.5 cm³/mol. The lowest BCUT2D eigenvalue weighted by molar-refractivity contribution is -0.115. The fourth-order valence-corrected chi connectivity index (χ4v) is 4.23. The first-order valence-electron chi connectivity index (χ1n) is 6.86. The molecule has 1 N–H and O–H groups in total. The van der Waals surface area contributed by atoms with Crippen LogP contribution in [0.1, 0.15) is 0 Å². The molecule has 1 heterocycles. The van der Waals surface area contributed by atoms with Crippen molar-refractivity contribution in [2.75, 3.05) is 4.90 Å². The molecule has 3 amide bonds. The Morgan fingerprint density at radius 3 is 2.16 bits per heavy atom. The lowest BCUT2D eigenvalue weighted by atomic mass is 10.3. The normalized spacial score (nSPS) is 14.8. The lowest BCUT2D eigenvalue weighted by Crippen LogP contribution is -2.27. The molecule has 128 valence electrons. The summed E-state index contributed by atoms with van der Waals surface area (Å²) in [7, 11) is -3.86. The fraction of sp³-hybridized carbons (Fsp3) is 0. The van der Waals surface area contributed by atoms with Crippen molar-refractivity contribution in [3.8, 4) is 0 Å². The minimum atomic E-state index is -3.86. The number of urea groups is 1. The molecule has 0 saturated carbocycles. The summed E-state index contributed by atoms with van der Waals surface area (Å²) in [6, 6.07) is 8.91. The highest BCUT2D eigenvalue weighted by Gasteiger charge is 2.33. The van der Waals surface area contributed by atoms with Gasteiger partial charge in [0.1, 0.15) is 5.70 Å². The van der Waals surface area contributed by atoms with Crippen LogP contribution in [-0.4, -0.2) is 20.4 Å². The van der Waals surface area contributed by atoms with Crippen LogP contribution in [0, 0.1) is 0 Å². The summed E-state index contributed by atoms with van der Waals surface area (Å²) in [6.45, 7) is 3.52. The zero-order chi connectivity index (χ0) is 18.4. The molecule has 0 atom stereocenters. The maximum atomic E-state index is 12.7. The number of imide groups is 1. The summed E-state index contributed by atoms with van der Waals surface area (Å²) in [5, 5.41) is 2.40. The first kappa shape index (κ1) is 17.5. The Morgan fingerprint density at radius 2 is 1.64 bits per heavy atom. The Bertz CT molecular complexity index is 1020. The molecule has 1 fully saturated rings. The van der Waals surface area contributed by atoms with E-state index in [2.05, 4.69) is 11.9 Å². The Kier molecular flexibility index (Phi) is 4.32. The van der Waals surface area contributed by atoms with Gasteiger partial charge in [0, 0.05) is 5.02 Å². The van der Waals surface area contributed by atoms with Crippen LogP contribution in [0.25, 0.3) is 0 Å². The smallest absolute Gasteiger partial charge is 0.272 e. The summed E-state index contributed by atoms with van der Waals surface area (Å²) < 4.78 is 25.4. The largest absolute Gasteiger partial charge is 0.333 e. The molecule has 2 aromatic carbocycles. The minimum Gasteiger partial charge on any atom is -0.272 e. The molecule has 1 aliphatic heterocycles. The van der Waals surface area contributed by atoms with Crippen LogP contribution < -0.4 is 10.2 Å². The Morgan fingerprint density at radius 1 is 1.00 bits per heavy atom. The number of rotatable bonds is 3. The molecule has 0 unspecified atom stereocenters. The summed E-state index contributed by atoms with van der Waals surface area (Å²) in [5.74, 6) is -0.626. The van der Waals surface area contributed by atoms with Crippen molar-refractivity contribution in [1.82, 2.24) is 5.32 Å². The number of nitrogens with one attached hydrogen (secondary N) is 1. The summed E-state index contributed by atoms with van der Waals surface area (Å²) in [6.07, 6.45) is 0. The molecule has 1 aliphatic rings. The van der Waals surface area contributed by atoms with E-state index in [0.717, 1.165) is 4.90 Å². The van der Waals surface area contributed by atoms with E-state index in [-0.39, 0.29) is 26.2 Å². The first-order valence-corrected chi connectivity index (χ1v) is 9.10. The molecule has 0 aromatic heterocycles. The molecule has 1 saturated heterocycles. The van der Waals surface area contributed by atoms with E-state index in [0.29, 0.717) is 5.02 Å². The van der Waals surface area contributed by atoms with Crippen molar-refractivity contribution in [2.24, 2.45) is 0 Å². The van der Waals surface area contributed by atoms with E-state index in [1.807, 2.05) is 0 Å². The average Bonchev–Trinajstić information content (AvgIpc) is 2.80. The predicted octanol–water partition coefficient (Wildman–Crippen LogP) is 3.40. The molecule has 0 aliphatic carbocycles. The van der Waals surface area contributed by atoms with E-state index in [9.17, 15) is 18.0 Å². The van der Waals surface area contributed by atoms with E-state index in [4.69, 9.17) is 23.2 Å². The third-order valence-corrected chi connectivity index (χ3v) is 6.05. The highest BCUT2D eigenvalue weighted by molar-refractivity contribution is 7.91. The fourth-order valence-electron chi connectivity index (χ4n) is 2.31. The molecule has 3 rings (SSSR count). The maximum absolute atomic E-state index is 12.7. The van der Waals surface area contributed by atoms with Gasteiger partial charge in [-0.25, -0.2) is 13.2 Å². The molecule has 6 nitrogen and oxygen atoms in total. The highest BCUT2D eigenvalue weighted by atomic mass is 35.5. The standard InChI is InChI=1S/C16H10Cl2N2O4S/c1-9-15(21)19-16(22)20(9)11-4-7-14(13(18)8-11)25(23,24)12-5-2-10(17)3-6-12/h2-8H,1H2,(H,19,21,22). The van der Waals surface area contributed by atoms with Crippen molar-refractivity contribution >= 4 is 50.7 Å². The second kappa shape index (κ2) is 6.18. The second-order valence-corrected chi connectivity index (χ2v) is 7.88. The SMILES string of the molecule is C=C1C(=O)NC(=O)N1c1ccc(S(=O)(=O)c2ccc(Cl)cc2)c(Cl)c1. The molecular formula is C16H10Cl2N2O4S. The van der Waals surface area contributed by atoms with Crippen molar-refractivity contribution in [3.63, 3.8) is 0 Å². The first-order chi connectivity index (χ1) is 11.7. The van der Waals surface area contributed by atoms with Crippen LogP contribution in [0.2, 0.25) is 10.0 Å². The van der Waals surface area contributed by atoms with Crippen LogP contribution in [0.15, 0.2) is 64.5 Å². The third-order valence-electron chi connectivity index (χ3n) is 3.54. The Balaban J connectivity index is 2.03. The van der Waals surface area contributed by atoms with Crippen LogP contribution in [0.5, 0.6) is 0 Å². The van der Waals surface area contributed by atoms with Crippen molar-refractivity contribution in [2.45, 2.75) is 9.79 Å². The summed E-state index contributed by atoms with van der Waals surface area (Å²) >= 11 is 11.9. The average molecular weight is 397 g/mol. The number of hydrogen-bond acceptors (Lipinski definition) is 4. The lowest BCUT2D eigenvalue weighted by Gasteiger charge is -2.16. The number of halogens is 2. The Labute approximate surface area is 153 Å². The third kappa shape index (κ3) is 3.02. The van der Waals surface area contributed by atoms with Gasteiger partial charge in [-0.15, -0.1) is 0 Å². The van der Waals surface area contributed by atoms with Gasteiger partial charge < -0.3 is 0 Å². The summed E-state index contributed by atoms with van der Waals surface area (Å²) in [5.41, 5.74) is 0.155. The number of amides is 3. The van der Waals surface area contributed by atoms with Crippen LogP contribution in [0.4, 0.5) is 10.5 Å². The van der Waals surface area contributed by atoms with Gasteiger partial charge in [-0.3, -0.25) is 15.0 Å². The second-order valence-electron chi connectivity index (χ2n) is 5.11. The quantitative estimate of drug-likeness (QED) is 0.636. The maximum Gasteiger partial charge on any atom is 0.333 e. The van der Waals surface area contributed by atoms with E-state index >= 15 is 0 Å². The van der Waals surface area contributed by atoms with E-state index < -0.39 is 21.8 Å². The molecule has 0 bridgehead atoms. The monoisotopic (exact) mass is 396 g/mol. The number of carbonyl (C=O) groups is 2. The van der Waals surface area contributed by atoms with E-state index in [1.54, 1.807) is 0 Å². The van der Waals surface area contributed by atoms with Crippen molar-refractivity contribution < 1.29 is 18.0 Å². The Hall–Kier alpha value is -2.35. The van der Waals surface area contributed by atoms with Crippen LogP contribution >= 0.6 is 23.2 Å². The summed E-state index contributed by atoms with van der Waals surface area (Å²) in [4.78, 5) is 24.2. The van der Waals surface area contributed by atoms with Crippen molar-refractivity contribution in [3.05, 3.63) is 64.8 Å². The number of nitrogens with zero attached hydrogens (tertiary/aromatic N) is 1. The van der Waals surface area contributed by atoms with Gasteiger partial charge in [0.2, 0.25) is 9.84 Å². The number of hydrogen-bond donors (Lipinski definition) is 1. The van der Waals surface area contributed by atoms with Gasteiger partial charge in [-0.05, 0) is 42.5 Å². The van der Waals surface area contributed by atoms with Crippen molar-refractivity contribution in [1.29, 1.82) is 0 Å². The molecule has 0 spiro atoms.